The maximum absolute atomic E-state index is 2.33. The van der Waals surface area contributed by atoms with Crippen LogP contribution >= 0.6 is 0 Å². The van der Waals surface area contributed by atoms with Crippen LogP contribution in [-0.4, -0.2) is 69.4 Å². The van der Waals surface area contributed by atoms with Gasteiger partial charge in [-0.25, -0.2) is 0 Å². The second-order valence-electron chi connectivity index (χ2n) is 4.02. The zero-order valence-corrected chi connectivity index (χ0v) is 9.30. The van der Waals surface area contributed by atoms with Gasteiger partial charge >= 0.3 is 18.9 Å². The van der Waals surface area contributed by atoms with Crippen LogP contribution in [0.5, 0.6) is 0 Å². The molecule has 0 saturated carbocycles. The van der Waals surface area contributed by atoms with Crippen LogP contribution in [0.3, 0.4) is 0 Å². The molecule has 13 heavy (non-hydrogen) atoms. The van der Waals surface area contributed by atoms with Crippen molar-refractivity contribution in [2.45, 2.75) is 32.2 Å². The van der Waals surface area contributed by atoms with E-state index in [9.17, 15) is 0 Å². The van der Waals surface area contributed by atoms with Crippen molar-refractivity contribution < 1.29 is 0 Å². The molecule has 0 fully saturated rings. The van der Waals surface area contributed by atoms with Crippen molar-refractivity contribution in [2.24, 2.45) is 0 Å². The molecule has 0 heterocycles. The molecule has 0 aromatic heterocycles. The Morgan fingerprint density at radius 1 is 1.08 bits per heavy atom. The van der Waals surface area contributed by atoms with E-state index in [0.29, 0.717) is 0 Å². The number of unbranched alkanes of at least 4 members (excludes halogenated alkanes) is 1. The van der Waals surface area contributed by atoms with Gasteiger partial charge in [0.2, 0.25) is 0 Å². The van der Waals surface area contributed by atoms with Crippen molar-refractivity contribution in [1.29, 1.82) is 0 Å². The van der Waals surface area contributed by atoms with Gasteiger partial charge < -0.3 is 9.80 Å². The molecule has 0 aliphatic heterocycles. The van der Waals surface area contributed by atoms with Gasteiger partial charge in [0, 0.05) is 12.6 Å². The van der Waals surface area contributed by atoms with Crippen molar-refractivity contribution in [1.82, 2.24) is 9.80 Å². The first kappa shape index (κ1) is 16.0. The average Bonchev–Trinajstić information content (AvgIpc) is 1.96. The Morgan fingerprint density at radius 3 is 1.92 bits per heavy atom. The number of rotatable bonds is 6. The fourth-order valence-corrected chi connectivity index (χ4v) is 1.37. The molecule has 0 aromatic rings. The Kier molecular flexibility index (Phi) is 11.2. The molecule has 3 heteroatoms. The van der Waals surface area contributed by atoms with E-state index in [4.69, 9.17) is 0 Å². The van der Waals surface area contributed by atoms with Crippen LogP contribution in [0.1, 0.15) is 26.2 Å². The van der Waals surface area contributed by atoms with E-state index in [0.717, 1.165) is 6.04 Å². The molecule has 1 unspecified atom stereocenters. The van der Waals surface area contributed by atoms with Gasteiger partial charge in [-0.2, -0.15) is 0 Å². The molecule has 76 valence electrons. The third-order valence-electron chi connectivity index (χ3n) is 2.20. The van der Waals surface area contributed by atoms with Crippen LogP contribution in [0, 0.1) is 0 Å². The molecular formula is C10H25LiN2. The SMILES string of the molecule is CCCCC(CN(C)C)N(C)C.[LiH]. The minimum atomic E-state index is 0. The first-order valence-electron chi connectivity index (χ1n) is 4.89. The predicted molar refractivity (Wildman–Crippen MR) is 62.7 cm³/mol. The van der Waals surface area contributed by atoms with E-state index in [-0.39, 0.29) is 18.9 Å². The first-order valence-corrected chi connectivity index (χ1v) is 4.89. The predicted octanol–water partition coefficient (Wildman–Crippen LogP) is 1.02. The van der Waals surface area contributed by atoms with Gasteiger partial charge in [-0.1, -0.05) is 19.8 Å². The Balaban J connectivity index is 0. The molecule has 0 amide bonds. The third kappa shape index (κ3) is 8.84. The van der Waals surface area contributed by atoms with Crippen LogP contribution in [0.15, 0.2) is 0 Å². The van der Waals surface area contributed by atoms with Crippen LogP contribution in [0.2, 0.25) is 0 Å². The molecule has 0 spiro atoms. The van der Waals surface area contributed by atoms with Crippen LogP contribution in [0.4, 0.5) is 0 Å². The Bertz CT molecular complexity index is 105. The average molecular weight is 180 g/mol. The molecular weight excluding hydrogens is 155 g/mol. The standard InChI is InChI=1S/C10H24N2.Li.H/c1-6-7-8-10(12(4)5)9-11(2)3;;/h10H,6-9H2,1-5H3;;. The Labute approximate surface area is 95.8 Å². The fraction of sp³-hybridized carbons (Fsp3) is 1.00. The number of nitrogens with zero attached hydrogens (tertiary/aromatic N) is 2. The Hall–Kier alpha value is 0.517. The molecule has 2 nitrogen and oxygen atoms in total. The zero-order chi connectivity index (χ0) is 9.56. The summed E-state index contributed by atoms with van der Waals surface area (Å²) in [6, 6.07) is 0.722. The summed E-state index contributed by atoms with van der Waals surface area (Å²) < 4.78 is 0. The summed E-state index contributed by atoms with van der Waals surface area (Å²) in [7, 11) is 8.62. The zero-order valence-electron chi connectivity index (χ0n) is 9.30. The van der Waals surface area contributed by atoms with Crippen molar-refractivity contribution in [3.8, 4) is 0 Å². The van der Waals surface area contributed by atoms with Crippen molar-refractivity contribution in [3.63, 3.8) is 0 Å². The molecule has 0 aliphatic carbocycles. The summed E-state index contributed by atoms with van der Waals surface area (Å²) in [5.74, 6) is 0. The quantitative estimate of drug-likeness (QED) is 0.563. The third-order valence-corrected chi connectivity index (χ3v) is 2.20. The van der Waals surface area contributed by atoms with Gasteiger partial charge in [-0.15, -0.1) is 0 Å². The molecule has 0 bridgehead atoms. The number of hydrogen-bond acceptors (Lipinski definition) is 2. The van der Waals surface area contributed by atoms with E-state index >= 15 is 0 Å². The van der Waals surface area contributed by atoms with Gasteiger partial charge in [-0.05, 0) is 34.6 Å². The van der Waals surface area contributed by atoms with E-state index in [1.807, 2.05) is 0 Å². The van der Waals surface area contributed by atoms with Crippen molar-refractivity contribution in [2.75, 3.05) is 34.7 Å². The second-order valence-corrected chi connectivity index (χ2v) is 4.02. The molecule has 1 atom stereocenters. The van der Waals surface area contributed by atoms with Gasteiger partial charge in [-0.3, -0.25) is 0 Å². The summed E-state index contributed by atoms with van der Waals surface area (Å²) in [5, 5.41) is 0. The van der Waals surface area contributed by atoms with Crippen LogP contribution in [-0.2, 0) is 0 Å². The summed E-state index contributed by atoms with van der Waals surface area (Å²) >= 11 is 0. The van der Waals surface area contributed by atoms with E-state index in [1.54, 1.807) is 0 Å². The van der Waals surface area contributed by atoms with E-state index < -0.39 is 0 Å². The normalized spacial score (nSPS) is 13.2. The number of hydrogen-bond donors (Lipinski definition) is 0. The van der Waals surface area contributed by atoms with Crippen molar-refractivity contribution >= 4 is 18.9 Å². The van der Waals surface area contributed by atoms with Crippen LogP contribution in [0.25, 0.3) is 0 Å². The maximum atomic E-state index is 2.33. The van der Waals surface area contributed by atoms with Gasteiger partial charge in [0.1, 0.15) is 0 Å². The monoisotopic (exact) mass is 180 g/mol. The van der Waals surface area contributed by atoms with Crippen molar-refractivity contribution in [3.05, 3.63) is 0 Å². The summed E-state index contributed by atoms with van der Waals surface area (Å²) in [6.45, 7) is 3.43. The van der Waals surface area contributed by atoms with Gasteiger partial charge in [0.15, 0.2) is 0 Å². The molecule has 0 aliphatic rings. The topological polar surface area (TPSA) is 6.48 Å². The fourth-order valence-electron chi connectivity index (χ4n) is 1.37. The Morgan fingerprint density at radius 2 is 1.62 bits per heavy atom. The number of likely N-dealkylation sites (N-methyl/N-ethyl adjacent to an activating group) is 2. The summed E-state index contributed by atoms with van der Waals surface area (Å²) in [5.41, 5.74) is 0. The molecule has 0 saturated heterocycles. The van der Waals surface area contributed by atoms with Gasteiger partial charge in [0.25, 0.3) is 0 Å². The molecule has 0 aromatic carbocycles. The second kappa shape index (κ2) is 9.09. The summed E-state index contributed by atoms with van der Waals surface area (Å²) in [6.07, 6.45) is 3.97. The minimum absolute atomic E-state index is 0. The van der Waals surface area contributed by atoms with Gasteiger partial charge in [0.05, 0.1) is 0 Å². The summed E-state index contributed by atoms with van der Waals surface area (Å²) in [4.78, 5) is 4.59. The van der Waals surface area contributed by atoms with Crippen LogP contribution < -0.4 is 0 Å². The first-order chi connectivity index (χ1) is 5.57. The van der Waals surface area contributed by atoms with E-state index in [2.05, 4.69) is 44.9 Å². The molecule has 0 rings (SSSR count). The van der Waals surface area contributed by atoms with E-state index in [1.165, 1.54) is 25.8 Å². The molecule has 0 radical (unpaired) electrons. The molecule has 0 N–H and O–H groups in total.